The number of carbonyl (C=O) groups excluding carboxylic acids is 1. The van der Waals surface area contributed by atoms with Crippen LogP contribution in [0.2, 0.25) is 0 Å². The highest BCUT2D eigenvalue weighted by atomic mass is 16.5. The van der Waals surface area contributed by atoms with E-state index in [0.29, 0.717) is 31.1 Å². The average Bonchev–Trinajstić information content (AvgIpc) is 3.21. The molecule has 2 aromatic carbocycles. The fourth-order valence-electron chi connectivity index (χ4n) is 4.29. The minimum Gasteiger partial charge on any atom is -0.493 e. The molecule has 2 heterocycles. The maximum absolute atomic E-state index is 12.8. The first-order valence-electron chi connectivity index (χ1n) is 11.1. The van der Waals surface area contributed by atoms with Crippen LogP contribution >= 0.6 is 0 Å². The van der Waals surface area contributed by atoms with Gasteiger partial charge in [-0.15, -0.1) is 0 Å². The van der Waals surface area contributed by atoms with E-state index < -0.39 is 0 Å². The second kappa shape index (κ2) is 9.41. The highest BCUT2D eigenvalue weighted by Crippen LogP contribution is 2.30. The fourth-order valence-corrected chi connectivity index (χ4v) is 4.29. The van der Waals surface area contributed by atoms with Crippen LogP contribution in [0.3, 0.4) is 0 Å². The number of methoxy groups -OCH3 is 1. The van der Waals surface area contributed by atoms with Crippen LogP contribution < -0.4 is 9.47 Å². The highest BCUT2D eigenvalue weighted by molar-refractivity contribution is 5.77. The van der Waals surface area contributed by atoms with Crippen LogP contribution in [0.4, 0.5) is 0 Å². The van der Waals surface area contributed by atoms with E-state index in [0.717, 1.165) is 54.1 Å². The number of rotatable bonds is 7. The largest absolute Gasteiger partial charge is 0.493 e. The average molecular weight is 422 g/mol. The predicted octanol–water partition coefficient (Wildman–Crippen LogP) is 4.62. The van der Waals surface area contributed by atoms with Crippen LogP contribution in [-0.2, 0) is 11.2 Å². The Morgan fingerprint density at radius 3 is 2.71 bits per heavy atom. The number of ether oxygens (including phenoxy) is 2. The van der Waals surface area contributed by atoms with Crippen LogP contribution in [-0.4, -0.2) is 47.6 Å². The van der Waals surface area contributed by atoms with Crippen LogP contribution in [0.5, 0.6) is 11.5 Å². The Bertz CT molecular complexity index is 1050. The fraction of sp³-hybridized carbons (Fsp3) is 0.440. The third kappa shape index (κ3) is 4.84. The molecule has 1 aliphatic heterocycles. The van der Waals surface area contributed by atoms with Gasteiger partial charge in [-0.25, -0.2) is 4.98 Å². The summed E-state index contributed by atoms with van der Waals surface area (Å²) in [4.78, 5) is 23.0. The van der Waals surface area contributed by atoms with Crippen LogP contribution in [0.1, 0.15) is 49.1 Å². The molecule has 0 spiro atoms. The van der Waals surface area contributed by atoms with Gasteiger partial charge in [0, 0.05) is 25.4 Å². The summed E-state index contributed by atoms with van der Waals surface area (Å²) in [6.07, 6.45) is 3.10. The standard InChI is InChI=1S/C25H31N3O3/c1-4-31-22-9-6-18(16-23(22)30-3)7-10-24(29)28-13-11-19(12-14-28)25-26-20-8-5-17(2)15-21(20)27-25/h5-6,8-9,15-16,19H,4,7,10-14H2,1-3H3,(H,26,27). The van der Waals surface area contributed by atoms with Gasteiger partial charge >= 0.3 is 0 Å². The molecule has 1 aromatic heterocycles. The minimum atomic E-state index is 0.214. The monoisotopic (exact) mass is 421 g/mol. The molecule has 6 nitrogen and oxygen atoms in total. The number of H-pyrrole nitrogens is 1. The lowest BCUT2D eigenvalue weighted by Crippen LogP contribution is -2.38. The number of imidazole rings is 1. The van der Waals surface area contributed by atoms with Gasteiger partial charge in [0.25, 0.3) is 0 Å². The molecule has 1 saturated heterocycles. The number of nitrogens with zero attached hydrogens (tertiary/aromatic N) is 2. The van der Waals surface area contributed by atoms with Crippen molar-refractivity contribution in [2.75, 3.05) is 26.8 Å². The molecule has 0 saturated carbocycles. The van der Waals surface area contributed by atoms with Crippen molar-refractivity contribution < 1.29 is 14.3 Å². The van der Waals surface area contributed by atoms with Gasteiger partial charge in [0.15, 0.2) is 11.5 Å². The number of benzene rings is 2. The maximum Gasteiger partial charge on any atom is 0.222 e. The first-order chi connectivity index (χ1) is 15.1. The molecule has 0 atom stereocenters. The summed E-state index contributed by atoms with van der Waals surface area (Å²) in [6, 6.07) is 12.2. The minimum absolute atomic E-state index is 0.214. The topological polar surface area (TPSA) is 67.5 Å². The molecular formula is C25H31N3O3. The summed E-state index contributed by atoms with van der Waals surface area (Å²) >= 11 is 0. The number of aryl methyl sites for hydroxylation is 2. The summed E-state index contributed by atoms with van der Waals surface area (Å²) in [7, 11) is 1.64. The number of piperidine rings is 1. The Morgan fingerprint density at radius 1 is 1.16 bits per heavy atom. The van der Waals surface area contributed by atoms with Gasteiger partial charge in [0.1, 0.15) is 5.82 Å². The van der Waals surface area contributed by atoms with Gasteiger partial charge in [-0.05, 0) is 68.5 Å². The van der Waals surface area contributed by atoms with Crippen LogP contribution in [0.15, 0.2) is 36.4 Å². The summed E-state index contributed by atoms with van der Waals surface area (Å²) in [6.45, 7) is 6.20. The Morgan fingerprint density at radius 2 is 1.97 bits per heavy atom. The van der Waals surface area contributed by atoms with E-state index in [4.69, 9.17) is 14.5 Å². The molecular weight excluding hydrogens is 390 g/mol. The molecule has 0 bridgehead atoms. The first kappa shape index (κ1) is 21.2. The van der Waals surface area contributed by atoms with Crippen molar-refractivity contribution in [2.45, 2.75) is 45.4 Å². The Labute approximate surface area is 183 Å². The number of likely N-dealkylation sites (tertiary alicyclic amines) is 1. The van der Waals surface area contributed by atoms with E-state index in [9.17, 15) is 4.79 Å². The van der Waals surface area contributed by atoms with Gasteiger partial charge in [0.2, 0.25) is 5.91 Å². The normalized spacial score (nSPS) is 14.7. The molecule has 1 fully saturated rings. The number of carbonyl (C=O) groups is 1. The van der Waals surface area contributed by atoms with Crippen molar-refractivity contribution in [1.82, 2.24) is 14.9 Å². The summed E-state index contributed by atoms with van der Waals surface area (Å²) < 4.78 is 11.0. The lowest BCUT2D eigenvalue weighted by Gasteiger charge is -2.31. The molecule has 1 amide bonds. The molecule has 3 aromatic rings. The Kier molecular flexibility index (Phi) is 6.44. The van der Waals surface area contributed by atoms with Crippen LogP contribution in [0, 0.1) is 6.92 Å². The van der Waals surface area contributed by atoms with E-state index in [-0.39, 0.29) is 5.91 Å². The number of fused-ring (bicyclic) bond motifs is 1. The summed E-state index contributed by atoms with van der Waals surface area (Å²) in [5.41, 5.74) is 4.43. The molecule has 1 aliphatic rings. The zero-order valence-electron chi connectivity index (χ0n) is 18.6. The number of aromatic nitrogens is 2. The van der Waals surface area contributed by atoms with Crippen molar-refractivity contribution in [2.24, 2.45) is 0 Å². The number of amides is 1. The van der Waals surface area contributed by atoms with Crippen molar-refractivity contribution >= 4 is 16.9 Å². The lowest BCUT2D eigenvalue weighted by molar-refractivity contribution is -0.132. The quantitative estimate of drug-likeness (QED) is 0.605. The highest BCUT2D eigenvalue weighted by Gasteiger charge is 2.25. The van der Waals surface area contributed by atoms with Gasteiger partial charge in [-0.2, -0.15) is 0 Å². The second-order valence-corrected chi connectivity index (χ2v) is 8.22. The van der Waals surface area contributed by atoms with Crippen molar-refractivity contribution in [3.63, 3.8) is 0 Å². The third-order valence-electron chi connectivity index (χ3n) is 6.05. The van der Waals surface area contributed by atoms with Gasteiger partial charge in [-0.1, -0.05) is 12.1 Å². The van der Waals surface area contributed by atoms with E-state index in [1.807, 2.05) is 30.0 Å². The molecule has 164 valence electrons. The number of aromatic amines is 1. The molecule has 0 radical (unpaired) electrons. The zero-order chi connectivity index (χ0) is 21.8. The van der Waals surface area contributed by atoms with Gasteiger partial charge in [-0.3, -0.25) is 4.79 Å². The smallest absolute Gasteiger partial charge is 0.222 e. The molecule has 1 N–H and O–H groups in total. The zero-order valence-corrected chi connectivity index (χ0v) is 18.6. The third-order valence-corrected chi connectivity index (χ3v) is 6.05. The maximum atomic E-state index is 12.8. The number of hydrogen-bond donors (Lipinski definition) is 1. The molecule has 0 unspecified atom stereocenters. The van der Waals surface area contributed by atoms with E-state index in [1.54, 1.807) is 7.11 Å². The lowest BCUT2D eigenvalue weighted by atomic mass is 9.95. The van der Waals surface area contributed by atoms with E-state index in [2.05, 4.69) is 30.1 Å². The number of nitrogens with one attached hydrogen (secondary N) is 1. The Hall–Kier alpha value is -3.02. The van der Waals surface area contributed by atoms with E-state index >= 15 is 0 Å². The van der Waals surface area contributed by atoms with Gasteiger partial charge in [0.05, 0.1) is 24.8 Å². The first-order valence-corrected chi connectivity index (χ1v) is 11.1. The summed E-state index contributed by atoms with van der Waals surface area (Å²) in [5.74, 6) is 3.10. The van der Waals surface area contributed by atoms with Crippen molar-refractivity contribution in [3.8, 4) is 11.5 Å². The van der Waals surface area contributed by atoms with Crippen molar-refractivity contribution in [3.05, 3.63) is 53.3 Å². The SMILES string of the molecule is CCOc1ccc(CCC(=O)N2CCC(c3nc4ccc(C)cc4[nH]3)CC2)cc1OC. The predicted molar refractivity (Wildman–Crippen MR) is 122 cm³/mol. The second-order valence-electron chi connectivity index (χ2n) is 8.22. The van der Waals surface area contributed by atoms with E-state index in [1.165, 1.54) is 5.56 Å². The Balaban J connectivity index is 1.31. The molecule has 31 heavy (non-hydrogen) atoms. The molecule has 6 heteroatoms. The van der Waals surface area contributed by atoms with Crippen LogP contribution in [0.25, 0.3) is 11.0 Å². The van der Waals surface area contributed by atoms with Crippen molar-refractivity contribution in [1.29, 1.82) is 0 Å². The number of hydrogen-bond acceptors (Lipinski definition) is 4. The molecule has 4 rings (SSSR count). The molecule has 0 aliphatic carbocycles. The van der Waals surface area contributed by atoms with Gasteiger partial charge < -0.3 is 19.4 Å². The summed E-state index contributed by atoms with van der Waals surface area (Å²) in [5, 5.41) is 0.